The Morgan fingerprint density at radius 1 is 1.25 bits per heavy atom. The summed E-state index contributed by atoms with van der Waals surface area (Å²) in [6.07, 6.45) is 0. The van der Waals surface area contributed by atoms with E-state index in [1.54, 1.807) is 0 Å². The van der Waals surface area contributed by atoms with Gasteiger partial charge in [-0.1, -0.05) is 0 Å². The molecule has 0 atom stereocenters. The van der Waals surface area contributed by atoms with Gasteiger partial charge in [-0.2, -0.15) is 0 Å². The first-order chi connectivity index (χ1) is 2.00. The standard InChI is InChI=1S/CH2O.O.Pb.H/c1-2;;;/h1H2;;;. The van der Waals surface area contributed by atoms with E-state index >= 15 is 0 Å². The topological polar surface area (TPSA) is 34.1 Å². The van der Waals surface area contributed by atoms with Crippen molar-refractivity contribution in [2.45, 2.75) is 0 Å². The van der Waals surface area contributed by atoms with Gasteiger partial charge < -0.3 is 4.79 Å². The van der Waals surface area contributed by atoms with Crippen molar-refractivity contribution >= 4 is 32.6 Å². The van der Waals surface area contributed by atoms with Crippen LogP contribution >= 0.6 is 0 Å². The van der Waals surface area contributed by atoms with Crippen molar-refractivity contribution in [1.29, 1.82) is 0 Å². The van der Waals surface area contributed by atoms with Crippen LogP contribution in [0.25, 0.3) is 0 Å². The van der Waals surface area contributed by atoms with E-state index in [0.29, 0.717) is 0 Å². The molecular weight excluding hydrogens is 251 g/mol. The van der Waals surface area contributed by atoms with Gasteiger partial charge in [-0.3, -0.25) is 0 Å². The van der Waals surface area contributed by atoms with Gasteiger partial charge in [0.05, 0.1) is 0 Å². The Labute approximate surface area is 40.4 Å². The number of hydrogen-bond acceptors (Lipinski definition) is 2. The second-order valence-electron chi connectivity index (χ2n) is 0. The molecule has 0 amide bonds. The third-order valence-electron chi connectivity index (χ3n) is 0. The summed E-state index contributed by atoms with van der Waals surface area (Å²) in [6.45, 7) is 2.00. The van der Waals surface area contributed by atoms with Gasteiger partial charge in [0, 0.05) is 0 Å². The summed E-state index contributed by atoms with van der Waals surface area (Å²) >= 11 is -0.0833. The Bertz CT molecular complexity index is 8.00. The fraction of sp³-hybridized carbons (Fsp3) is 0. The fourth-order valence-corrected chi connectivity index (χ4v) is 0. The van der Waals surface area contributed by atoms with Crippen molar-refractivity contribution < 1.29 is 7.48 Å². The maximum absolute atomic E-state index is 8.42. The predicted molar refractivity (Wildman–Crippen MR) is 15.0 cm³/mol. The first kappa shape index (κ1) is 8.83. The van der Waals surface area contributed by atoms with Gasteiger partial charge in [0.25, 0.3) is 0 Å². The number of carbonyl (C=O) groups is 1. The van der Waals surface area contributed by atoms with Crippen molar-refractivity contribution in [2.75, 3.05) is 0 Å². The molecule has 0 fully saturated rings. The van der Waals surface area contributed by atoms with Crippen LogP contribution in [0.3, 0.4) is 0 Å². The number of hydrogen-bond donors (Lipinski definition) is 0. The monoisotopic (exact) mass is 255 g/mol. The Morgan fingerprint density at radius 2 is 1.25 bits per heavy atom. The van der Waals surface area contributed by atoms with E-state index in [9.17, 15) is 0 Å². The van der Waals surface area contributed by atoms with Crippen molar-refractivity contribution in [3.8, 4) is 0 Å². The van der Waals surface area contributed by atoms with Gasteiger partial charge in [-0.25, -0.2) is 0 Å². The van der Waals surface area contributed by atoms with Crippen LogP contribution in [0, 0.1) is 0 Å². The Balaban J connectivity index is 0. The molecule has 0 saturated heterocycles. The van der Waals surface area contributed by atoms with E-state index < -0.39 is 0 Å². The Kier molecular flexibility index (Phi) is 279. The SMILES string of the molecule is C=O.[O]=[PbH]. The zero-order chi connectivity index (χ0) is 4.00. The van der Waals surface area contributed by atoms with Crippen LogP contribution in [0.1, 0.15) is 0 Å². The van der Waals surface area contributed by atoms with Crippen molar-refractivity contribution in [3.63, 3.8) is 0 Å². The molecule has 0 saturated carbocycles. The molecule has 0 rings (SSSR count). The van der Waals surface area contributed by atoms with Crippen LogP contribution in [-0.4, -0.2) is 32.6 Å². The fourth-order valence-electron chi connectivity index (χ4n) is 0. The van der Waals surface area contributed by atoms with Crippen LogP contribution in [0.15, 0.2) is 0 Å². The van der Waals surface area contributed by atoms with Gasteiger partial charge in [0.2, 0.25) is 0 Å². The predicted octanol–water partition coefficient (Wildman–Crippen LogP) is -0.952. The van der Waals surface area contributed by atoms with Crippen LogP contribution in [0.4, 0.5) is 0 Å². The van der Waals surface area contributed by atoms with Crippen molar-refractivity contribution in [3.05, 3.63) is 0 Å². The van der Waals surface area contributed by atoms with E-state index in [-0.39, 0.29) is 25.8 Å². The number of carbonyl (C=O) groups excluding carboxylic acids is 1. The minimum absolute atomic E-state index is 0.0833. The molecule has 0 unspecified atom stereocenters. The average Bonchev–Trinajstić information content (AvgIpc) is 1.50. The van der Waals surface area contributed by atoms with Gasteiger partial charge in [-0.05, 0) is 0 Å². The van der Waals surface area contributed by atoms with Gasteiger partial charge in [0.1, 0.15) is 6.79 Å². The quantitative estimate of drug-likeness (QED) is 0.522. The third-order valence-corrected chi connectivity index (χ3v) is 0. The summed E-state index contributed by atoms with van der Waals surface area (Å²) in [5, 5.41) is 0. The summed E-state index contributed by atoms with van der Waals surface area (Å²) in [5.41, 5.74) is 0. The Hall–Kier alpha value is 0.392. The van der Waals surface area contributed by atoms with Crippen molar-refractivity contribution in [2.24, 2.45) is 0 Å². The van der Waals surface area contributed by atoms with E-state index in [1.165, 1.54) is 0 Å². The molecule has 4 heavy (non-hydrogen) atoms. The molecule has 0 aromatic rings. The van der Waals surface area contributed by atoms with Crippen LogP contribution in [-0.2, 0) is 7.48 Å². The molecule has 0 spiro atoms. The molecule has 0 aliphatic rings. The summed E-state index contributed by atoms with van der Waals surface area (Å²) < 4.78 is 8.42. The van der Waals surface area contributed by atoms with E-state index in [0.717, 1.165) is 0 Å². The first-order valence-corrected chi connectivity index (χ1v) is 2.36. The zero-order valence-electron chi connectivity index (χ0n) is 2.10. The second-order valence-corrected chi connectivity index (χ2v) is 0. The van der Waals surface area contributed by atoms with Gasteiger partial charge in [-0.15, -0.1) is 0 Å². The van der Waals surface area contributed by atoms with Crippen LogP contribution in [0.2, 0.25) is 0 Å². The molecule has 0 aliphatic carbocycles. The minimum atomic E-state index is -0.0833. The Morgan fingerprint density at radius 3 is 1.25 bits per heavy atom. The normalized spacial score (nSPS) is 2.00. The molecule has 0 aliphatic heterocycles. The molecule has 0 aromatic carbocycles. The molecule has 1 radical (unpaired) electrons. The summed E-state index contributed by atoms with van der Waals surface area (Å²) in [4.78, 5) is 8.00. The molecule has 0 heterocycles. The molecular formula is CH3O2Pb. The summed E-state index contributed by atoms with van der Waals surface area (Å²) in [6, 6.07) is 0. The van der Waals surface area contributed by atoms with Crippen molar-refractivity contribution in [1.82, 2.24) is 0 Å². The number of rotatable bonds is 0. The molecule has 0 aromatic heterocycles. The summed E-state index contributed by atoms with van der Waals surface area (Å²) in [5.74, 6) is 0. The molecule has 2 nitrogen and oxygen atoms in total. The first-order valence-electron chi connectivity index (χ1n) is 0.524. The second kappa shape index (κ2) is 126. The van der Waals surface area contributed by atoms with Crippen LogP contribution in [0.5, 0.6) is 0 Å². The van der Waals surface area contributed by atoms with E-state index in [1.807, 2.05) is 6.79 Å². The molecule has 0 N–H and O–H groups in total. The molecule has 0 bridgehead atoms. The maximum atomic E-state index is 8.42. The van der Waals surface area contributed by atoms with Crippen LogP contribution < -0.4 is 0 Å². The summed E-state index contributed by atoms with van der Waals surface area (Å²) in [7, 11) is 0. The molecule has 23 valence electrons. The molecule has 3 heteroatoms. The van der Waals surface area contributed by atoms with E-state index in [2.05, 4.69) is 0 Å². The average molecular weight is 254 g/mol. The zero-order valence-corrected chi connectivity index (χ0v) is 6.59. The van der Waals surface area contributed by atoms with Gasteiger partial charge >= 0.3 is 28.5 Å². The van der Waals surface area contributed by atoms with E-state index in [4.69, 9.17) is 7.48 Å². The third kappa shape index (κ3) is 30.2. The van der Waals surface area contributed by atoms with Gasteiger partial charge in [0.15, 0.2) is 0 Å².